The van der Waals surface area contributed by atoms with Crippen LogP contribution in [0.5, 0.6) is 0 Å². The lowest BCUT2D eigenvalue weighted by Crippen LogP contribution is -2.61. The highest BCUT2D eigenvalue weighted by molar-refractivity contribution is 6.38. The number of esters is 1. The minimum absolute atomic E-state index is 0.0537. The van der Waals surface area contributed by atoms with Crippen molar-refractivity contribution in [1.82, 2.24) is 26.2 Å². The maximum atomic E-state index is 14.5. The Morgan fingerprint density at radius 2 is 1.49 bits per heavy atom. The molecular weight excluding hydrogens is 602 g/mol. The Hall–Kier alpha value is -3.18. The smallest absolute Gasteiger partial charge is 0.329 e. The number of carbonyl (C=O) groups is 6. The highest BCUT2D eigenvalue weighted by Crippen LogP contribution is 2.34. The SMILES string of the molecule is CCCCC(NC(=O)[C@@H]1[C@@H](C(C)C)CCN1C(=O)[C@@H](NC(=O)N[C@H](C(=O)OC(C)(C)C)C(C)(C)C)C1CCCCC1)C(=O)C(=O)NC. The van der Waals surface area contributed by atoms with E-state index in [1.54, 1.807) is 25.7 Å². The molecule has 12 nitrogen and oxygen atoms in total. The van der Waals surface area contributed by atoms with Crippen molar-refractivity contribution >= 4 is 35.5 Å². The van der Waals surface area contributed by atoms with Crippen LogP contribution >= 0.6 is 0 Å². The highest BCUT2D eigenvalue weighted by atomic mass is 16.6. The van der Waals surface area contributed by atoms with Gasteiger partial charge in [0.25, 0.3) is 5.91 Å². The van der Waals surface area contributed by atoms with Gasteiger partial charge in [0.15, 0.2) is 0 Å². The molecule has 1 unspecified atom stereocenters. The fourth-order valence-corrected chi connectivity index (χ4v) is 6.64. The average Bonchev–Trinajstić information content (AvgIpc) is 3.44. The number of ketones is 1. The van der Waals surface area contributed by atoms with Crippen molar-refractivity contribution in [3.8, 4) is 0 Å². The van der Waals surface area contributed by atoms with Crippen LogP contribution in [0.15, 0.2) is 0 Å². The molecule has 1 heterocycles. The number of carbonyl (C=O) groups excluding carboxylic acids is 6. The number of ether oxygens (including phenoxy) is 1. The quantitative estimate of drug-likeness (QED) is 0.172. The molecule has 5 atom stereocenters. The fourth-order valence-electron chi connectivity index (χ4n) is 6.64. The predicted molar refractivity (Wildman–Crippen MR) is 180 cm³/mol. The number of likely N-dealkylation sites (tertiary alicyclic amines) is 1. The third-order valence-electron chi connectivity index (χ3n) is 9.24. The summed E-state index contributed by atoms with van der Waals surface area (Å²) < 4.78 is 5.60. The number of hydrogen-bond donors (Lipinski definition) is 4. The third-order valence-corrected chi connectivity index (χ3v) is 9.24. The van der Waals surface area contributed by atoms with E-state index in [0.29, 0.717) is 25.8 Å². The summed E-state index contributed by atoms with van der Waals surface area (Å²) >= 11 is 0. The number of unbranched alkanes of at least 4 members (excludes halogenated alkanes) is 1. The van der Waals surface area contributed by atoms with E-state index in [1.807, 2.05) is 41.5 Å². The Kier molecular flexibility index (Phi) is 14.7. The average molecular weight is 664 g/mol. The third kappa shape index (κ3) is 11.5. The fraction of sp³-hybridized carbons (Fsp3) is 0.829. The molecule has 0 aromatic carbocycles. The summed E-state index contributed by atoms with van der Waals surface area (Å²) in [5.74, 6) is -3.18. The van der Waals surface area contributed by atoms with Crippen molar-refractivity contribution in [2.45, 2.75) is 150 Å². The zero-order chi connectivity index (χ0) is 35.7. The number of hydrogen-bond acceptors (Lipinski definition) is 7. The topological polar surface area (TPSA) is 163 Å². The van der Waals surface area contributed by atoms with Crippen LogP contribution in [0, 0.1) is 23.2 Å². The van der Waals surface area contributed by atoms with E-state index < -0.39 is 64.8 Å². The van der Waals surface area contributed by atoms with Crippen LogP contribution in [-0.2, 0) is 28.7 Å². The molecule has 1 saturated heterocycles. The highest BCUT2D eigenvalue weighted by Gasteiger charge is 2.47. The lowest BCUT2D eigenvalue weighted by Gasteiger charge is -2.37. The van der Waals surface area contributed by atoms with Crippen LogP contribution in [0.3, 0.4) is 0 Å². The molecule has 268 valence electrons. The maximum absolute atomic E-state index is 14.5. The van der Waals surface area contributed by atoms with Gasteiger partial charge in [-0.15, -0.1) is 0 Å². The van der Waals surface area contributed by atoms with E-state index in [9.17, 15) is 28.8 Å². The van der Waals surface area contributed by atoms with Crippen molar-refractivity contribution in [1.29, 1.82) is 0 Å². The first-order valence-electron chi connectivity index (χ1n) is 17.5. The molecule has 0 bridgehead atoms. The van der Waals surface area contributed by atoms with E-state index in [4.69, 9.17) is 4.74 Å². The molecule has 0 radical (unpaired) electrons. The van der Waals surface area contributed by atoms with Gasteiger partial charge in [0.2, 0.25) is 17.6 Å². The van der Waals surface area contributed by atoms with Crippen LogP contribution in [0.2, 0.25) is 0 Å². The summed E-state index contributed by atoms with van der Waals surface area (Å²) in [6.45, 7) is 17.0. The van der Waals surface area contributed by atoms with Gasteiger partial charge in [0, 0.05) is 13.6 Å². The van der Waals surface area contributed by atoms with Crippen LogP contribution in [-0.4, -0.2) is 83.8 Å². The van der Waals surface area contributed by atoms with Gasteiger partial charge in [-0.05, 0) is 69.6 Å². The minimum Gasteiger partial charge on any atom is -0.458 e. The van der Waals surface area contributed by atoms with Gasteiger partial charge in [-0.25, -0.2) is 9.59 Å². The van der Waals surface area contributed by atoms with Crippen molar-refractivity contribution in [2.24, 2.45) is 23.2 Å². The second-order valence-electron chi connectivity index (χ2n) is 15.6. The lowest BCUT2D eigenvalue weighted by atomic mass is 9.82. The summed E-state index contributed by atoms with van der Waals surface area (Å²) in [7, 11) is 1.37. The van der Waals surface area contributed by atoms with Gasteiger partial charge in [0.05, 0.1) is 6.04 Å². The van der Waals surface area contributed by atoms with Gasteiger partial charge in [-0.1, -0.05) is 73.6 Å². The number of likely N-dealkylation sites (N-methyl/N-ethyl adjacent to an activating group) is 1. The second-order valence-corrected chi connectivity index (χ2v) is 15.6. The molecule has 2 aliphatic rings. The van der Waals surface area contributed by atoms with Gasteiger partial charge in [-0.3, -0.25) is 19.2 Å². The van der Waals surface area contributed by atoms with Gasteiger partial charge < -0.3 is 30.9 Å². The largest absolute Gasteiger partial charge is 0.458 e. The molecule has 47 heavy (non-hydrogen) atoms. The Morgan fingerprint density at radius 3 is 2.00 bits per heavy atom. The Morgan fingerprint density at radius 1 is 0.872 bits per heavy atom. The molecule has 2 fully saturated rings. The molecular formula is C35H61N5O7. The normalized spacial score (nSPS) is 21.0. The first kappa shape index (κ1) is 40.0. The number of rotatable bonds is 13. The zero-order valence-corrected chi connectivity index (χ0v) is 30.4. The Balaban J connectivity index is 2.40. The molecule has 1 saturated carbocycles. The minimum atomic E-state index is -1.01. The van der Waals surface area contributed by atoms with E-state index >= 15 is 0 Å². The van der Waals surface area contributed by atoms with Crippen LogP contribution < -0.4 is 21.3 Å². The van der Waals surface area contributed by atoms with Gasteiger partial charge in [-0.2, -0.15) is 0 Å². The van der Waals surface area contributed by atoms with Crippen LogP contribution in [0.1, 0.15) is 120 Å². The number of urea groups is 1. The molecule has 12 heteroatoms. The molecule has 4 N–H and O–H groups in total. The van der Waals surface area contributed by atoms with Crippen LogP contribution in [0.4, 0.5) is 4.79 Å². The first-order chi connectivity index (χ1) is 21.8. The van der Waals surface area contributed by atoms with Gasteiger partial charge in [0.1, 0.15) is 23.7 Å². The number of nitrogens with one attached hydrogen (secondary N) is 4. The number of nitrogens with zero attached hydrogens (tertiary/aromatic N) is 1. The van der Waals surface area contributed by atoms with E-state index in [-0.39, 0.29) is 23.7 Å². The van der Waals surface area contributed by atoms with Crippen molar-refractivity contribution in [3.05, 3.63) is 0 Å². The molecule has 0 aromatic heterocycles. The Bertz CT molecular complexity index is 1120. The van der Waals surface area contributed by atoms with Crippen molar-refractivity contribution in [2.75, 3.05) is 13.6 Å². The van der Waals surface area contributed by atoms with Crippen LogP contribution in [0.25, 0.3) is 0 Å². The monoisotopic (exact) mass is 663 g/mol. The molecule has 2 rings (SSSR count). The zero-order valence-electron chi connectivity index (χ0n) is 30.4. The van der Waals surface area contributed by atoms with Crippen molar-refractivity contribution in [3.63, 3.8) is 0 Å². The number of Topliss-reactive ketones (excluding diaryl/α,β-unsaturated/α-hetero) is 1. The maximum Gasteiger partial charge on any atom is 0.329 e. The van der Waals surface area contributed by atoms with E-state index in [2.05, 4.69) is 21.3 Å². The Labute approximate surface area is 281 Å². The summed E-state index contributed by atoms with van der Waals surface area (Å²) in [5.41, 5.74) is -1.43. The molecule has 1 aliphatic heterocycles. The first-order valence-corrected chi connectivity index (χ1v) is 17.5. The lowest BCUT2D eigenvalue weighted by molar-refractivity contribution is -0.160. The van der Waals surface area contributed by atoms with Gasteiger partial charge >= 0.3 is 12.0 Å². The second kappa shape index (κ2) is 17.3. The number of amides is 5. The molecule has 1 aliphatic carbocycles. The summed E-state index contributed by atoms with van der Waals surface area (Å²) in [6.07, 6.45) is 6.65. The van der Waals surface area contributed by atoms with E-state index in [0.717, 1.165) is 38.5 Å². The summed E-state index contributed by atoms with van der Waals surface area (Å²) in [6, 6.07) is -4.43. The predicted octanol–water partition coefficient (Wildman–Crippen LogP) is 3.85. The molecule has 5 amide bonds. The summed E-state index contributed by atoms with van der Waals surface area (Å²) in [4.78, 5) is 81.9. The molecule has 0 aromatic rings. The standard InChI is InChI=1S/C35H61N5O7/c1-11-12-18-24(27(41)30(43)36-10)37-29(42)26-23(21(2)3)19-20-40(26)31(44)25(22-16-14-13-15-17-22)38-33(46)39-28(34(4,5)6)32(45)47-35(7,8)9/h21-26,28H,11-20H2,1-10H3,(H,36,43)(H,37,42)(H2,38,39,46)/t23-,24?,25+,26+,28-/m1/s1. The van der Waals surface area contributed by atoms with E-state index in [1.165, 1.54) is 7.05 Å². The summed E-state index contributed by atoms with van der Waals surface area (Å²) in [5, 5.41) is 10.9. The molecule has 0 spiro atoms. The van der Waals surface area contributed by atoms with Crippen molar-refractivity contribution < 1.29 is 33.5 Å².